The van der Waals surface area contributed by atoms with Crippen molar-refractivity contribution in [1.82, 2.24) is 5.32 Å². The van der Waals surface area contributed by atoms with Gasteiger partial charge in [-0.15, -0.1) is 0 Å². The average molecular weight is 501 g/mol. The molecule has 0 saturated heterocycles. The molecule has 158 valence electrons. The molecule has 0 aromatic heterocycles. The number of hydrogen-bond acceptors (Lipinski definition) is 6. The number of nitrogens with one attached hydrogen (secondary N) is 2. The molecule has 31 heavy (non-hydrogen) atoms. The van der Waals surface area contributed by atoms with E-state index in [9.17, 15) is 14.4 Å². The molecule has 0 bridgehead atoms. The molecule has 0 spiro atoms. The fourth-order valence-electron chi connectivity index (χ4n) is 2.97. The van der Waals surface area contributed by atoms with Crippen molar-refractivity contribution in [2.75, 3.05) is 19.5 Å². The highest BCUT2D eigenvalue weighted by atomic mass is 79.9. The molecule has 0 saturated carbocycles. The number of anilines is 1. The van der Waals surface area contributed by atoms with Crippen molar-refractivity contribution in [1.29, 1.82) is 0 Å². The summed E-state index contributed by atoms with van der Waals surface area (Å²) >= 11 is 8.73. The van der Waals surface area contributed by atoms with Crippen molar-refractivity contribution < 1.29 is 23.9 Å². The quantitative estimate of drug-likeness (QED) is 0.407. The number of benzene rings is 3. The molecule has 1 amide bonds. The molecule has 3 aromatic carbocycles. The third-order valence-corrected chi connectivity index (χ3v) is 5.27. The van der Waals surface area contributed by atoms with Crippen LogP contribution in [0.15, 0.2) is 59.1 Å². The second kappa shape index (κ2) is 9.67. The number of thiocarbonyl (C=S) groups is 1. The first-order valence-electron chi connectivity index (χ1n) is 8.95. The third-order valence-electron chi connectivity index (χ3n) is 4.37. The standard InChI is InChI=1S/C22H17BrN2O5S/c1-29-20(27)12-9-13(21(28)30-2)11-14(10-12)24-22(31)25-19(26)17-7-3-6-16-15(17)5-4-8-18(16)23/h3-11H,1-2H3,(H2,24,25,26,31). The molecule has 0 aliphatic carbocycles. The van der Waals surface area contributed by atoms with E-state index in [0.29, 0.717) is 11.3 Å². The first kappa shape index (κ1) is 22.4. The third kappa shape index (κ3) is 5.07. The van der Waals surface area contributed by atoms with Gasteiger partial charge in [0.2, 0.25) is 0 Å². The minimum Gasteiger partial charge on any atom is -0.465 e. The number of amides is 1. The molecule has 9 heteroatoms. The first-order chi connectivity index (χ1) is 14.8. The number of methoxy groups -OCH3 is 2. The van der Waals surface area contributed by atoms with Crippen molar-refractivity contribution in [3.63, 3.8) is 0 Å². The summed E-state index contributed by atoms with van der Waals surface area (Å²) in [5, 5.41) is 7.08. The van der Waals surface area contributed by atoms with Crippen LogP contribution >= 0.6 is 28.1 Å². The lowest BCUT2D eigenvalue weighted by molar-refractivity contribution is 0.0599. The summed E-state index contributed by atoms with van der Waals surface area (Å²) in [7, 11) is 2.46. The van der Waals surface area contributed by atoms with E-state index in [0.717, 1.165) is 15.2 Å². The molecule has 0 heterocycles. The normalized spacial score (nSPS) is 10.3. The van der Waals surface area contributed by atoms with Gasteiger partial charge in [0.1, 0.15) is 0 Å². The Hall–Kier alpha value is -3.30. The van der Waals surface area contributed by atoms with Crippen molar-refractivity contribution in [2.24, 2.45) is 0 Å². The molecule has 3 aromatic rings. The molecule has 0 aliphatic rings. The summed E-state index contributed by atoms with van der Waals surface area (Å²) in [5.41, 5.74) is 1.01. The Kier molecular flexibility index (Phi) is 6.98. The second-order valence-electron chi connectivity index (χ2n) is 6.33. The molecule has 0 radical (unpaired) electrons. The first-order valence-corrected chi connectivity index (χ1v) is 10.2. The number of halogens is 1. The molecular formula is C22H17BrN2O5S. The Labute approximate surface area is 191 Å². The predicted octanol–water partition coefficient (Wildman–Crippen LogP) is 4.30. The van der Waals surface area contributed by atoms with Crippen LogP contribution in [0.2, 0.25) is 0 Å². The summed E-state index contributed by atoms with van der Waals surface area (Å²) in [4.78, 5) is 36.7. The SMILES string of the molecule is COC(=O)c1cc(NC(=S)NC(=O)c2cccc3c(Br)cccc23)cc(C(=O)OC)c1. The van der Waals surface area contributed by atoms with Crippen LogP contribution in [0, 0.1) is 0 Å². The summed E-state index contributed by atoms with van der Waals surface area (Å²) < 4.78 is 10.3. The molecule has 3 rings (SSSR count). The Morgan fingerprint density at radius 2 is 1.45 bits per heavy atom. The van der Waals surface area contributed by atoms with Crippen LogP contribution < -0.4 is 10.6 Å². The van der Waals surface area contributed by atoms with E-state index in [1.54, 1.807) is 12.1 Å². The van der Waals surface area contributed by atoms with Gasteiger partial charge < -0.3 is 14.8 Å². The fraction of sp³-hybridized carbons (Fsp3) is 0.0909. The average Bonchev–Trinajstić information content (AvgIpc) is 2.77. The zero-order chi connectivity index (χ0) is 22.5. The number of esters is 2. The van der Waals surface area contributed by atoms with Crippen molar-refractivity contribution in [2.45, 2.75) is 0 Å². The summed E-state index contributed by atoms with van der Waals surface area (Å²) in [6.07, 6.45) is 0. The molecular weight excluding hydrogens is 484 g/mol. The van der Waals surface area contributed by atoms with Gasteiger partial charge in [-0.2, -0.15) is 0 Å². The Bertz CT molecular complexity index is 1180. The van der Waals surface area contributed by atoms with Gasteiger partial charge >= 0.3 is 11.9 Å². The maximum absolute atomic E-state index is 12.8. The molecule has 0 fully saturated rings. The van der Waals surface area contributed by atoms with Gasteiger partial charge in [0.15, 0.2) is 5.11 Å². The van der Waals surface area contributed by atoms with Crippen LogP contribution in [-0.2, 0) is 9.47 Å². The maximum atomic E-state index is 12.8. The van der Waals surface area contributed by atoms with E-state index >= 15 is 0 Å². The van der Waals surface area contributed by atoms with Gasteiger partial charge in [-0.25, -0.2) is 9.59 Å². The minimum absolute atomic E-state index is 0.00479. The largest absolute Gasteiger partial charge is 0.465 e. The summed E-state index contributed by atoms with van der Waals surface area (Å²) in [6, 6.07) is 15.2. The van der Waals surface area contributed by atoms with E-state index in [2.05, 4.69) is 26.6 Å². The molecule has 0 unspecified atom stereocenters. The van der Waals surface area contributed by atoms with Gasteiger partial charge in [0.25, 0.3) is 5.91 Å². The second-order valence-corrected chi connectivity index (χ2v) is 7.59. The van der Waals surface area contributed by atoms with Crippen LogP contribution in [0.3, 0.4) is 0 Å². The fourth-order valence-corrected chi connectivity index (χ4v) is 3.68. The van der Waals surface area contributed by atoms with Crippen LogP contribution in [0.4, 0.5) is 5.69 Å². The van der Waals surface area contributed by atoms with Gasteiger partial charge in [-0.3, -0.25) is 10.1 Å². The van der Waals surface area contributed by atoms with Crippen LogP contribution in [0.25, 0.3) is 10.8 Å². The summed E-state index contributed by atoms with van der Waals surface area (Å²) in [6.45, 7) is 0. The van der Waals surface area contributed by atoms with Gasteiger partial charge in [0, 0.05) is 15.7 Å². The number of hydrogen-bond donors (Lipinski definition) is 2. The minimum atomic E-state index is -0.634. The van der Waals surface area contributed by atoms with Crippen LogP contribution in [-0.4, -0.2) is 37.2 Å². The zero-order valence-corrected chi connectivity index (χ0v) is 18.9. The monoisotopic (exact) mass is 500 g/mol. The van der Waals surface area contributed by atoms with E-state index in [-0.39, 0.29) is 16.2 Å². The number of rotatable bonds is 4. The highest BCUT2D eigenvalue weighted by molar-refractivity contribution is 9.10. The smallest absolute Gasteiger partial charge is 0.337 e. The summed E-state index contributed by atoms with van der Waals surface area (Å²) in [5.74, 6) is -1.67. The van der Waals surface area contributed by atoms with Crippen molar-refractivity contribution in [3.8, 4) is 0 Å². The number of ether oxygens (including phenoxy) is 2. The van der Waals surface area contributed by atoms with E-state index in [1.807, 2.05) is 24.3 Å². The maximum Gasteiger partial charge on any atom is 0.337 e. The van der Waals surface area contributed by atoms with E-state index < -0.39 is 17.8 Å². The highest BCUT2D eigenvalue weighted by Crippen LogP contribution is 2.26. The Morgan fingerprint density at radius 1 is 0.871 bits per heavy atom. The topological polar surface area (TPSA) is 93.7 Å². The van der Waals surface area contributed by atoms with Gasteiger partial charge in [-0.05, 0) is 53.3 Å². The molecule has 7 nitrogen and oxygen atoms in total. The highest BCUT2D eigenvalue weighted by Gasteiger charge is 2.16. The van der Waals surface area contributed by atoms with Crippen molar-refractivity contribution >= 4 is 67.6 Å². The lowest BCUT2D eigenvalue weighted by Gasteiger charge is -2.13. The molecule has 0 atom stereocenters. The molecule has 2 N–H and O–H groups in total. The number of carbonyl (C=O) groups excluding carboxylic acids is 3. The molecule has 0 aliphatic heterocycles. The Morgan fingerprint density at radius 3 is 2.06 bits per heavy atom. The number of carbonyl (C=O) groups is 3. The van der Waals surface area contributed by atoms with Crippen LogP contribution in [0.1, 0.15) is 31.1 Å². The predicted molar refractivity (Wildman–Crippen MR) is 124 cm³/mol. The lowest BCUT2D eigenvalue weighted by atomic mass is 10.0. The zero-order valence-electron chi connectivity index (χ0n) is 16.5. The van der Waals surface area contributed by atoms with E-state index in [4.69, 9.17) is 21.7 Å². The Balaban J connectivity index is 1.84. The van der Waals surface area contributed by atoms with Crippen molar-refractivity contribution in [3.05, 3.63) is 75.8 Å². The number of fused-ring (bicyclic) bond motifs is 1. The van der Waals surface area contributed by atoms with Gasteiger partial charge in [-0.1, -0.05) is 40.2 Å². The van der Waals surface area contributed by atoms with Gasteiger partial charge in [0.05, 0.1) is 25.3 Å². The van der Waals surface area contributed by atoms with E-state index in [1.165, 1.54) is 32.4 Å². The van der Waals surface area contributed by atoms with Crippen LogP contribution in [0.5, 0.6) is 0 Å². The lowest BCUT2D eigenvalue weighted by Crippen LogP contribution is -2.34.